The Labute approximate surface area is 139 Å². The first-order valence-electron chi connectivity index (χ1n) is 9.59. The first kappa shape index (κ1) is 19.3. The Balaban J connectivity index is 2.71. The molecule has 0 aliphatic rings. The average Bonchev–Trinajstić information content (AvgIpc) is 2.48. The van der Waals surface area contributed by atoms with Crippen molar-refractivity contribution in [3.05, 3.63) is 35.9 Å². The standard InChI is InChI=1S/C22H38/c1-6-12-20(18-22(5,15-7-2)16-8-3)17-19(4)21-13-10-9-11-14-21/h9-11,13-14,19-20H,6-8,12,15-18H2,1-5H3. The van der Waals surface area contributed by atoms with E-state index >= 15 is 0 Å². The normalized spacial score (nSPS) is 14.8. The van der Waals surface area contributed by atoms with Crippen molar-refractivity contribution in [1.82, 2.24) is 0 Å². The van der Waals surface area contributed by atoms with Crippen LogP contribution in [-0.4, -0.2) is 0 Å². The van der Waals surface area contributed by atoms with Crippen molar-refractivity contribution in [2.24, 2.45) is 11.3 Å². The third-order valence-corrected chi connectivity index (χ3v) is 5.24. The molecule has 0 saturated carbocycles. The van der Waals surface area contributed by atoms with Crippen molar-refractivity contribution in [3.63, 3.8) is 0 Å². The maximum atomic E-state index is 2.54. The van der Waals surface area contributed by atoms with E-state index in [1.807, 2.05) is 0 Å². The predicted molar refractivity (Wildman–Crippen MR) is 100 cm³/mol. The molecule has 0 aliphatic carbocycles. The highest BCUT2D eigenvalue weighted by Crippen LogP contribution is 2.40. The van der Waals surface area contributed by atoms with E-state index in [-0.39, 0.29) is 0 Å². The molecule has 0 bridgehead atoms. The summed E-state index contributed by atoms with van der Waals surface area (Å²) in [4.78, 5) is 0. The van der Waals surface area contributed by atoms with E-state index < -0.39 is 0 Å². The molecule has 0 heteroatoms. The van der Waals surface area contributed by atoms with E-state index in [0.717, 1.165) is 5.92 Å². The van der Waals surface area contributed by atoms with Crippen molar-refractivity contribution in [1.29, 1.82) is 0 Å². The lowest BCUT2D eigenvalue weighted by Gasteiger charge is -2.34. The molecule has 0 aromatic heterocycles. The Morgan fingerprint density at radius 3 is 2.00 bits per heavy atom. The van der Waals surface area contributed by atoms with Gasteiger partial charge in [0.25, 0.3) is 0 Å². The second kappa shape index (κ2) is 10.1. The van der Waals surface area contributed by atoms with Crippen molar-refractivity contribution >= 4 is 0 Å². The molecule has 0 amide bonds. The number of hydrogen-bond acceptors (Lipinski definition) is 0. The summed E-state index contributed by atoms with van der Waals surface area (Å²) in [6, 6.07) is 11.1. The Hall–Kier alpha value is -0.780. The Morgan fingerprint density at radius 2 is 1.50 bits per heavy atom. The average molecular weight is 303 g/mol. The summed E-state index contributed by atoms with van der Waals surface area (Å²) in [5, 5.41) is 0. The zero-order valence-corrected chi connectivity index (χ0v) is 15.7. The first-order valence-corrected chi connectivity index (χ1v) is 9.59. The topological polar surface area (TPSA) is 0 Å². The SMILES string of the molecule is CCCC(CC(C)c1ccccc1)CC(C)(CCC)CCC. The molecule has 0 nitrogen and oxygen atoms in total. The molecule has 0 heterocycles. The van der Waals surface area contributed by atoms with Gasteiger partial charge in [0.1, 0.15) is 0 Å². The van der Waals surface area contributed by atoms with Crippen molar-refractivity contribution < 1.29 is 0 Å². The summed E-state index contributed by atoms with van der Waals surface area (Å²) in [6.07, 6.45) is 10.9. The highest BCUT2D eigenvalue weighted by Gasteiger charge is 2.27. The molecule has 1 rings (SSSR count). The Morgan fingerprint density at radius 1 is 0.909 bits per heavy atom. The van der Waals surface area contributed by atoms with Gasteiger partial charge in [-0.3, -0.25) is 0 Å². The molecule has 126 valence electrons. The van der Waals surface area contributed by atoms with Crippen LogP contribution < -0.4 is 0 Å². The summed E-state index contributed by atoms with van der Waals surface area (Å²) < 4.78 is 0. The third kappa shape index (κ3) is 6.55. The fraction of sp³-hybridized carbons (Fsp3) is 0.727. The number of rotatable bonds is 11. The van der Waals surface area contributed by atoms with Crippen LogP contribution in [0.15, 0.2) is 30.3 Å². The van der Waals surface area contributed by atoms with Gasteiger partial charge in [0.05, 0.1) is 0 Å². The van der Waals surface area contributed by atoms with E-state index in [2.05, 4.69) is 65.0 Å². The van der Waals surface area contributed by atoms with Crippen LogP contribution in [0, 0.1) is 11.3 Å². The smallest absolute Gasteiger partial charge is 0.0188 e. The molecular weight excluding hydrogens is 264 g/mol. The van der Waals surface area contributed by atoms with Crippen LogP contribution in [0.2, 0.25) is 0 Å². The lowest BCUT2D eigenvalue weighted by molar-refractivity contribution is 0.183. The van der Waals surface area contributed by atoms with Crippen molar-refractivity contribution in [3.8, 4) is 0 Å². The summed E-state index contributed by atoms with van der Waals surface area (Å²) in [7, 11) is 0. The molecule has 0 saturated heterocycles. The van der Waals surface area contributed by atoms with Gasteiger partial charge in [0, 0.05) is 0 Å². The minimum atomic E-state index is 0.555. The molecule has 0 N–H and O–H groups in total. The fourth-order valence-electron chi connectivity index (χ4n) is 4.36. The van der Waals surface area contributed by atoms with E-state index in [1.54, 1.807) is 0 Å². The summed E-state index contributed by atoms with van der Waals surface area (Å²) in [5.41, 5.74) is 2.07. The van der Waals surface area contributed by atoms with Gasteiger partial charge in [-0.05, 0) is 48.5 Å². The number of hydrogen-bond donors (Lipinski definition) is 0. The Bertz CT molecular complexity index is 372. The maximum Gasteiger partial charge on any atom is -0.0188 e. The molecular formula is C22H38. The van der Waals surface area contributed by atoms with Crippen LogP contribution in [0.25, 0.3) is 0 Å². The monoisotopic (exact) mass is 302 g/mol. The first-order chi connectivity index (χ1) is 10.5. The third-order valence-electron chi connectivity index (χ3n) is 5.24. The minimum Gasteiger partial charge on any atom is -0.0654 e. The lowest BCUT2D eigenvalue weighted by Crippen LogP contribution is -2.22. The highest BCUT2D eigenvalue weighted by molar-refractivity contribution is 5.18. The predicted octanol–water partition coefficient (Wildman–Crippen LogP) is 7.59. The molecule has 22 heavy (non-hydrogen) atoms. The molecule has 0 spiro atoms. The van der Waals surface area contributed by atoms with Crippen LogP contribution in [0.5, 0.6) is 0 Å². The minimum absolute atomic E-state index is 0.555. The molecule has 0 aliphatic heterocycles. The second-order valence-corrected chi connectivity index (χ2v) is 7.72. The van der Waals surface area contributed by atoms with Gasteiger partial charge >= 0.3 is 0 Å². The van der Waals surface area contributed by atoms with Gasteiger partial charge in [-0.25, -0.2) is 0 Å². The van der Waals surface area contributed by atoms with E-state index in [9.17, 15) is 0 Å². The van der Waals surface area contributed by atoms with Gasteiger partial charge in [0.15, 0.2) is 0 Å². The van der Waals surface area contributed by atoms with Crippen LogP contribution in [0.4, 0.5) is 0 Å². The molecule has 1 aromatic carbocycles. The van der Waals surface area contributed by atoms with Crippen LogP contribution >= 0.6 is 0 Å². The molecule has 2 atom stereocenters. The second-order valence-electron chi connectivity index (χ2n) is 7.72. The van der Waals surface area contributed by atoms with Gasteiger partial charge < -0.3 is 0 Å². The quantitative estimate of drug-likeness (QED) is 0.395. The van der Waals surface area contributed by atoms with Gasteiger partial charge in [-0.15, -0.1) is 0 Å². The zero-order chi connectivity index (χ0) is 16.4. The maximum absolute atomic E-state index is 2.54. The molecule has 0 fully saturated rings. The molecule has 1 aromatic rings. The van der Waals surface area contributed by atoms with Gasteiger partial charge in [0.2, 0.25) is 0 Å². The molecule has 2 unspecified atom stereocenters. The van der Waals surface area contributed by atoms with E-state index in [1.165, 1.54) is 56.9 Å². The Kier molecular flexibility index (Phi) is 8.83. The van der Waals surface area contributed by atoms with Crippen molar-refractivity contribution in [2.45, 2.75) is 91.9 Å². The number of benzene rings is 1. The highest BCUT2D eigenvalue weighted by atomic mass is 14.3. The van der Waals surface area contributed by atoms with Gasteiger partial charge in [-0.2, -0.15) is 0 Å². The van der Waals surface area contributed by atoms with Crippen LogP contribution in [0.3, 0.4) is 0 Å². The fourth-order valence-corrected chi connectivity index (χ4v) is 4.36. The molecule has 0 radical (unpaired) electrons. The zero-order valence-electron chi connectivity index (χ0n) is 15.7. The van der Waals surface area contributed by atoms with Gasteiger partial charge in [-0.1, -0.05) is 90.6 Å². The van der Waals surface area contributed by atoms with Crippen molar-refractivity contribution in [2.75, 3.05) is 0 Å². The lowest BCUT2D eigenvalue weighted by atomic mass is 9.71. The summed E-state index contributed by atoms with van der Waals surface area (Å²) >= 11 is 0. The van der Waals surface area contributed by atoms with E-state index in [0.29, 0.717) is 11.3 Å². The van der Waals surface area contributed by atoms with E-state index in [4.69, 9.17) is 0 Å². The van der Waals surface area contributed by atoms with Crippen LogP contribution in [-0.2, 0) is 0 Å². The summed E-state index contributed by atoms with van der Waals surface area (Å²) in [6.45, 7) is 12.0. The largest absolute Gasteiger partial charge is 0.0654 e. The summed E-state index contributed by atoms with van der Waals surface area (Å²) in [5.74, 6) is 1.56. The van der Waals surface area contributed by atoms with Crippen LogP contribution in [0.1, 0.15) is 97.5 Å².